The zero-order valence-corrected chi connectivity index (χ0v) is 15.1. The van der Waals surface area contributed by atoms with Crippen molar-refractivity contribution in [3.05, 3.63) is 75.4 Å². The fourth-order valence-electron chi connectivity index (χ4n) is 2.98. The quantitative estimate of drug-likeness (QED) is 0.677. The Labute approximate surface area is 151 Å². The van der Waals surface area contributed by atoms with Gasteiger partial charge < -0.3 is 5.11 Å². The molecule has 0 saturated carbocycles. The molecular formula is C20H19ClN2O2. The van der Waals surface area contributed by atoms with Crippen LogP contribution in [0.1, 0.15) is 45.6 Å². The number of carboxylic acid groups (broad SMARTS) is 1. The number of aromatic nitrogens is 2. The second-order valence-electron chi connectivity index (χ2n) is 6.26. The molecule has 3 rings (SSSR count). The lowest BCUT2D eigenvalue weighted by Crippen LogP contribution is -2.06. The summed E-state index contributed by atoms with van der Waals surface area (Å²) in [6.07, 6.45) is 0. The summed E-state index contributed by atoms with van der Waals surface area (Å²) in [5.74, 6) is -1.15. The number of nitrogens with zero attached hydrogens (tertiary/aromatic N) is 1. The molecule has 0 spiro atoms. The Morgan fingerprint density at radius 1 is 1.16 bits per heavy atom. The van der Waals surface area contributed by atoms with E-state index in [2.05, 4.69) is 10.2 Å². The highest BCUT2D eigenvalue weighted by Gasteiger charge is 2.25. The summed E-state index contributed by atoms with van der Waals surface area (Å²) in [4.78, 5) is 11.7. The standard InChI is InChI=1S/C20H19ClN2O2/c1-11-4-6-14(7-5-11)13(3)17-18(22-23-19(17)20(24)25)15-8-9-16(21)12(2)10-15/h4-10,13H,1-3H3,(H,22,23)(H,24,25). The second kappa shape index (κ2) is 6.73. The smallest absolute Gasteiger partial charge is 0.356 e. The van der Waals surface area contributed by atoms with E-state index in [1.807, 2.05) is 63.2 Å². The highest BCUT2D eigenvalue weighted by atomic mass is 35.5. The Hall–Kier alpha value is -2.59. The Morgan fingerprint density at radius 2 is 1.84 bits per heavy atom. The molecule has 25 heavy (non-hydrogen) atoms. The van der Waals surface area contributed by atoms with Crippen LogP contribution in [-0.2, 0) is 0 Å². The van der Waals surface area contributed by atoms with E-state index in [0.717, 1.165) is 22.3 Å². The van der Waals surface area contributed by atoms with Gasteiger partial charge in [-0.05, 0) is 37.1 Å². The first-order valence-corrected chi connectivity index (χ1v) is 8.41. The minimum Gasteiger partial charge on any atom is -0.476 e. The van der Waals surface area contributed by atoms with Crippen LogP contribution in [-0.4, -0.2) is 21.3 Å². The maximum Gasteiger partial charge on any atom is 0.356 e. The third-order valence-electron chi connectivity index (χ3n) is 4.46. The summed E-state index contributed by atoms with van der Waals surface area (Å²) >= 11 is 6.12. The van der Waals surface area contributed by atoms with Crippen molar-refractivity contribution in [2.24, 2.45) is 0 Å². The summed E-state index contributed by atoms with van der Waals surface area (Å²) in [6.45, 7) is 5.94. The average molecular weight is 355 g/mol. The largest absolute Gasteiger partial charge is 0.476 e. The van der Waals surface area contributed by atoms with Crippen LogP contribution in [0.5, 0.6) is 0 Å². The van der Waals surface area contributed by atoms with Gasteiger partial charge in [0.15, 0.2) is 5.69 Å². The van der Waals surface area contributed by atoms with Crippen molar-refractivity contribution in [3.63, 3.8) is 0 Å². The molecular weight excluding hydrogens is 336 g/mol. The molecule has 0 saturated heterocycles. The van der Waals surface area contributed by atoms with Gasteiger partial charge in [-0.25, -0.2) is 4.79 Å². The fraction of sp³-hybridized carbons (Fsp3) is 0.200. The van der Waals surface area contributed by atoms with E-state index in [1.54, 1.807) is 0 Å². The van der Waals surface area contributed by atoms with Gasteiger partial charge in [0.1, 0.15) is 0 Å². The van der Waals surface area contributed by atoms with Crippen LogP contribution in [0.4, 0.5) is 0 Å². The van der Waals surface area contributed by atoms with Crippen LogP contribution in [0.2, 0.25) is 5.02 Å². The fourth-order valence-corrected chi connectivity index (χ4v) is 3.09. The number of halogens is 1. The molecule has 1 atom stereocenters. The monoisotopic (exact) mass is 354 g/mol. The number of carboxylic acids is 1. The first kappa shape index (κ1) is 17.2. The lowest BCUT2D eigenvalue weighted by atomic mass is 9.88. The molecule has 3 aromatic rings. The molecule has 5 heteroatoms. The van der Waals surface area contributed by atoms with E-state index < -0.39 is 5.97 Å². The number of rotatable bonds is 4. The van der Waals surface area contributed by atoms with Gasteiger partial charge in [-0.1, -0.05) is 54.4 Å². The van der Waals surface area contributed by atoms with Gasteiger partial charge in [0.2, 0.25) is 0 Å². The van der Waals surface area contributed by atoms with Crippen LogP contribution in [0, 0.1) is 13.8 Å². The topological polar surface area (TPSA) is 66.0 Å². The summed E-state index contributed by atoms with van der Waals surface area (Å²) in [6, 6.07) is 13.7. The van der Waals surface area contributed by atoms with Crippen molar-refractivity contribution < 1.29 is 9.90 Å². The van der Waals surface area contributed by atoms with Gasteiger partial charge in [0.25, 0.3) is 0 Å². The molecule has 4 nitrogen and oxygen atoms in total. The van der Waals surface area contributed by atoms with E-state index in [4.69, 9.17) is 11.6 Å². The number of aromatic carboxylic acids is 1. The number of benzene rings is 2. The molecule has 0 bridgehead atoms. The van der Waals surface area contributed by atoms with Gasteiger partial charge in [0.05, 0.1) is 5.69 Å². The van der Waals surface area contributed by atoms with Crippen LogP contribution in [0.15, 0.2) is 42.5 Å². The molecule has 0 aliphatic carbocycles. The van der Waals surface area contributed by atoms with Crippen molar-refractivity contribution in [2.45, 2.75) is 26.7 Å². The molecule has 0 aliphatic heterocycles. The number of nitrogens with one attached hydrogen (secondary N) is 1. The van der Waals surface area contributed by atoms with Crippen LogP contribution < -0.4 is 0 Å². The van der Waals surface area contributed by atoms with E-state index in [9.17, 15) is 9.90 Å². The average Bonchev–Trinajstić information content (AvgIpc) is 3.02. The molecule has 1 unspecified atom stereocenters. The highest BCUT2D eigenvalue weighted by molar-refractivity contribution is 6.31. The molecule has 2 N–H and O–H groups in total. The number of carbonyl (C=O) groups is 1. The molecule has 0 amide bonds. The van der Waals surface area contributed by atoms with Gasteiger partial charge in [0, 0.05) is 22.1 Å². The first-order chi connectivity index (χ1) is 11.9. The van der Waals surface area contributed by atoms with Gasteiger partial charge >= 0.3 is 5.97 Å². The van der Waals surface area contributed by atoms with E-state index in [1.165, 1.54) is 0 Å². The van der Waals surface area contributed by atoms with Crippen LogP contribution in [0.3, 0.4) is 0 Å². The molecule has 128 valence electrons. The Morgan fingerprint density at radius 3 is 2.44 bits per heavy atom. The first-order valence-electron chi connectivity index (χ1n) is 8.03. The third-order valence-corrected chi connectivity index (χ3v) is 4.89. The van der Waals surface area contributed by atoms with Crippen LogP contribution >= 0.6 is 11.6 Å². The molecule has 2 aromatic carbocycles. The van der Waals surface area contributed by atoms with Gasteiger partial charge in [-0.2, -0.15) is 5.10 Å². The molecule has 0 aliphatic rings. The number of hydrogen-bond donors (Lipinski definition) is 2. The SMILES string of the molecule is Cc1ccc(C(C)c2c(C(=O)O)n[nH]c2-c2ccc(Cl)c(C)c2)cc1. The predicted octanol–water partition coefficient (Wildman–Crippen LogP) is 5.20. The van der Waals surface area contributed by atoms with Gasteiger partial charge in [-0.3, -0.25) is 5.10 Å². The maximum absolute atomic E-state index is 11.7. The van der Waals surface area contributed by atoms with Gasteiger partial charge in [-0.15, -0.1) is 0 Å². The zero-order valence-electron chi connectivity index (χ0n) is 14.3. The molecule has 0 fully saturated rings. The second-order valence-corrected chi connectivity index (χ2v) is 6.67. The summed E-state index contributed by atoms with van der Waals surface area (Å²) in [5.41, 5.74) is 5.45. The lowest BCUT2D eigenvalue weighted by molar-refractivity contribution is 0.0689. The summed E-state index contributed by atoms with van der Waals surface area (Å²) in [5, 5.41) is 17.2. The van der Waals surface area contributed by atoms with E-state index in [-0.39, 0.29) is 11.6 Å². The summed E-state index contributed by atoms with van der Waals surface area (Å²) < 4.78 is 0. The van der Waals surface area contributed by atoms with Crippen molar-refractivity contribution >= 4 is 17.6 Å². The van der Waals surface area contributed by atoms with Crippen molar-refractivity contribution in [3.8, 4) is 11.3 Å². The third kappa shape index (κ3) is 3.30. The predicted molar refractivity (Wildman–Crippen MR) is 99.4 cm³/mol. The van der Waals surface area contributed by atoms with Crippen LogP contribution in [0.25, 0.3) is 11.3 Å². The van der Waals surface area contributed by atoms with Crippen molar-refractivity contribution in [1.29, 1.82) is 0 Å². The molecule has 0 radical (unpaired) electrons. The van der Waals surface area contributed by atoms with Crippen molar-refractivity contribution in [2.75, 3.05) is 0 Å². The zero-order chi connectivity index (χ0) is 18.1. The maximum atomic E-state index is 11.7. The Balaban J connectivity index is 2.16. The normalized spacial score (nSPS) is 12.2. The number of hydrogen-bond acceptors (Lipinski definition) is 2. The molecule has 1 heterocycles. The van der Waals surface area contributed by atoms with E-state index in [0.29, 0.717) is 16.3 Å². The highest BCUT2D eigenvalue weighted by Crippen LogP contribution is 2.35. The van der Waals surface area contributed by atoms with E-state index >= 15 is 0 Å². The molecule has 1 aromatic heterocycles. The summed E-state index contributed by atoms with van der Waals surface area (Å²) in [7, 11) is 0. The number of H-pyrrole nitrogens is 1. The number of aryl methyl sites for hydroxylation is 2. The lowest BCUT2D eigenvalue weighted by Gasteiger charge is -2.15. The minimum absolute atomic E-state index is 0.0516. The Bertz CT molecular complexity index is 929. The number of aromatic amines is 1. The Kier molecular flexibility index (Phi) is 4.64. The minimum atomic E-state index is -1.04. The van der Waals surface area contributed by atoms with Crippen molar-refractivity contribution in [1.82, 2.24) is 10.2 Å².